The predicted octanol–water partition coefficient (Wildman–Crippen LogP) is 4.54. The highest BCUT2D eigenvalue weighted by Gasteiger charge is 2.24. The second-order valence-corrected chi connectivity index (χ2v) is 6.12. The van der Waals surface area contributed by atoms with Crippen LogP contribution in [0.4, 0.5) is 5.69 Å². The fourth-order valence-corrected chi connectivity index (χ4v) is 3.02. The van der Waals surface area contributed by atoms with Gasteiger partial charge in [0.1, 0.15) is 0 Å². The normalized spacial score (nSPS) is 20.2. The van der Waals surface area contributed by atoms with Crippen molar-refractivity contribution in [1.29, 1.82) is 0 Å². The average Bonchev–Trinajstić information content (AvgIpc) is 2.28. The van der Waals surface area contributed by atoms with Gasteiger partial charge in [-0.3, -0.25) is 4.98 Å². The Labute approximate surface area is 111 Å². The fraction of sp³-hybridized carbons (Fsp3) is 0.688. The first kappa shape index (κ1) is 13.4. The van der Waals surface area contributed by atoms with Crippen LogP contribution >= 0.6 is 0 Å². The molecule has 18 heavy (non-hydrogen) atoms. The molecule has 2 heteroatoms. The fourth-order valence-electron chi connectivity index (χ4n) is 3.02. The number of hydrogen-bond acceptors (Lipinski definition) is 2. The maximum atomic E-state index is 4.42. The van der Waals surface area contributed by atoms with Gasteiger partial charge in [0.15, 0.2) is 0 Å². The molecule has 1 aliphatic heterocycles. The van der Waals surface area contributed by atoms with Gasteiger partial charge in [-0.25, -0.2) is 0 Å². The van der Waals surface area contributed by atoms with Crippen molar-refractivity contribution in [2.24, 2.45) is 5.92 Å². The summed E-state index contributed by atoms with van der Waals surface area (Å²) >= 11 is 0. The Balaban J connectivity index is 2.51. The molecule has 1 atom stereocenters. The van der Waals surface area contributed by atoms with Crippen LogP contribution in [0.5, 0.6) is 0 Å². The van der Waals surface area contributed by atoms with Gasteiger partial charge >= 0.3 is 0 Å². The highest BCUT2D eigenvalue weighted by molar-refractivity contribution is 5.55. The molecule has 0 fully saturated rings. The standard InChI is InChI=1S/C16H26N2/c1-11(2)13-7-5-6-8-18-15-10-17-9-14(12(3)4)16(13)15/h9-13,18H,5-8H2,1-4H3. The molecule has 0 amide bonds. The Kier molecular flexibility index (Phi) is 4.26. The van der Waals surface area contributed by atoms with Gasteiger partial charge in [-0.05, 0) is 41.7 Å². The molecule has 1 N–H and O–H groups in total. The van der Waals surface area contributed by atoms with Crippen LogP contribution < -0.4 is 5.32 Å². The number of hydrogen-bond donors (Lipinski definition) is 1. The Bertz CT molecular complexity index is 396. The summed E-state index contributed by atoms with van der Waals surface area (Å²) in [6.45, 7) is 10.3. The van der Waals surface area contributed by atoms with E-state index >= 15 is 0 Å². The summed E-state index contributed by atoms with van der Waals surface area (Å²) in [6.07, 6.45) is 8.00. The van der Waals surface area contributed by atoms with E-state index < -0.39 is 0 Å². The molecule has 0 bridgehead atoms. The lowest BCUT2D eigenvalue weighted by molar-refractivity contribution is 0.443. The molecule has 2 heterocycles. The highest BCUT2D eigenvalue weighted by atomic mass is 14.9. The molecule has 1 unspecified atom stereocenters. The minimum Gasteiger partial charge on any atom is -0.384 e. The number of fused-ring (bicyclic) bond motifs is 1. The number of anilines is 1. The monoisotopic (exact) mass is 246 g/mol. The largest absolute Gasteiger partial charge is 0.384 e. The molecular formula is C16H26N2. The molecule has 0 aromatic carbocycles. The molecule has 0 aliphatic carbocycles. The summed E-state index contributed by atoms with van der Waals surface area (Å²) in [5, 5.41) is 3.58. The summed E-state index contributed by atoms with van der Waals surface area (Å²) in [4.78, 5) is 4.42. The van der Waals surface area contributed by atoms with Crippen LogP contribution in [0.2, 0.25) is 0 Å². The van der Waals surface area contributed by atoms with E-state index in [2.05, 4.69) is 44.2 Å². The summed E-state index contributed by atoms with van der Waals surface area (Å²) in [6, 6.07) is 0. The lowest BCUT2D eigenvalue weighted by atomic mass is 9.79. The molecule has 0 spiro atoms. The Morgan fingerprint density at radius 3 is 2.61 bits per heavy atom. The molecule has 100 valence electrons. The number of rotatable bonds is 2. The molecule has 1 aromatic heterocycles. The van der Waals surface area contributed by atoms with Gasteiger partial charge in [0.25, 0.3) is 0 Å². The second kappa shape index (κ2) is 5.73. The zero-order chi connectivity index (χ0) is 13.1. The van der Waals surface area contributed by atoms with Crippen molar-refractivity contribution >= 4 is 5.69 Å². The van der Waals surface area contributed by atoms with Crippen LogP contribution in [0.15, 0.2) is 12.4 Å². The molecule has 2 rings (SSSR count). The maximum absolute atomic E-state index is 4.42. The topological polar surface area (TPSA) is 24.9 Å². The maximum Gasteiger partial charge on any atom is 0.0565 e. The predicted molar refractivity (Wildman–Crippen MR) is 78.2 cm³/mol. The number of pyridine rings is 1. The minimum absolute atomic E-state index is 0.551. The van der Waals surface area contributed by atoms with Crippen molar-refractivity contribution in [3.05, 3.63) is 23.5 Å². The summed E-state index contributed by atoms with van der Waals surface area (Å²) in [7, 11) is 0. The highest BCUT2D eigenvalue weighted by Crippen LogP contribution is 2.39. The molecule has 0 radical (unpaired) electrons. The quantitative estimate of drug-likeness (QED) is 0.828. The first-order valence-corrected chi connectivity index (χ1v) is 7.33. The summed E-state index contributed by atoms with van der Waals surface area (Å²) < 4.78 is 0. The average molecular weight is 246 g/mol. The van der Waals surface area contributed by atoms with Crippen molar-refractivity contribution in [2.75, 3.05) is 11.9 Å². The Morgan fingerprint density at radius 2 is 1.94 bits per heavy atom. The van der Waals surface area contributed by atoms with Gasteiger partial charge in [0.05, 0.1) is 11.9 Å². The van der Waals surface area contributed by atoms with E-state index in [1.54, 1.807) is 0 Å². The third kappa shape index (κ3) is 2.68. The van der Waals surface area contributed by atoms with Crippen molar-refractivity contribution in [3.63, 3.8) is 0 Å². The summed E-state index contributed by atoms with van der Waals surface area (Å²) in [5.74, 6) is 1.92. The molecule has 0 saturated carbocycles. The summed E-state index contributed by atoms with van der Waals surface area (Å²) in [5.41, 5.74) is 4.25. The minimum atomic E-state index is 0.551. The van der Waals surface area contributed by atoms with E-state index in [1.807, 2.05) is 6.20 Å². The van der Waals surface area contributed by atoms with Crippen LogP contribution in [-0.2, 0) is 0 Å². The lowest BCUT2D eigenvalue weighted by Crippen LogP contribution is -2.18. The first-order valence-electron chi connectivity index (χ1n) is 7.33. The zero-order valence-corrected chi connectivity index (χ0v) is 12.2. The zero-order valence-electron chi connectivity index (χ0n) is 12.2. The van der Waals surface area contributed by atoms with Crippen molar-refractivity contribution < 1.29 is 0 Å². The first-order chi connectivity index (χ1) is 8.61. The van der Waals surface area contributed by atoms with Crippen LogP contribution in [0.25, 0.3) is 0 Å². The van der Waals surface area contributed by atoms with E-state index in [1.165, 1.54) is 36.1 Å². The van der Waals surface area contributed by atoms with Crippen molar-refractivity contribution in [1.82, 2.24) is 4.98 Å². The van der Waals surface area contributed by atoms with Gasteiger partial charge in [0, 0.05) is 12.7 Å². The van der Waals surface area contributed by atoms with E-state index in [4.69, 9.17) is 0 Å². The van der Waals surface area contributed by atoms with Crippen LogP contribution in [0.1, 0.15) is 69.9 Å². The molecule has 0 saturated heterocycles. The van der Waals surface area contributed by atoms with Crippen LogP contribution in [0.3, 0.4) is 0 Å². The van der Waals surface area contributed by atoms with Crippen LogP contribution in [0, 0.1) is 5.92 Å². The van der Waals surface area contributed by atoms with Gasteiger partial charge in [-0.1, -0.05) is 34.1 Å². The number of nitrogens with one attached hydrogen (secondary N) is 1. The van der Waals surface area contributed by atoms with Crippen molar-refractivity contribution in [3.8, 4) is 0 Å². The van der Waals surface area contributed by atoms with Gasteiger partial charge in [0.2, 0.25) is 0 Å². The molecular weight excluding hydrogens is 220 g/mol. The second-order valence-electron chi connectivity index (χ2n) is 6.12. The van der Waals surface area contributed by atoms with E-state index in [9.17, 15) is 0 Å². The van der Waals surface area contributed by atoms with E-state index in [0.717, 1.165) is 6.54 Å². The number of nitrogens with zero attached hydrogens (tertiary/aromatic N) is 1. The van der Waals surface area contributed by atoms with Crippen LogP contribution in [-0.4, -0.2) is 11.5 Å². The third-order valence-corrected chi connectivity index (χ3v) is 4.07. The molecule has 2 nitrogen and oxygen atoms in total. The van der Waals surface area contributed by atoms with Gasteiger partial charge < -0.3 is 5.32 Å². The Morgan fingerprint density at radius 1 is 1.17 bits per heavy atom. The SMILES string of the molecule is CC(C)c1cncc2c1C(C(C)C)CCCCN2. The van der Waals surface area contributed by atoms with E-state index in [0.29, 0.717) is 17.8 Å². The lowest BCUT2D eigenvalue weighted by Gasteiger charge is -2.30. The molecule has 1 aromatic rings. The van der Waals surface area contributed by atoms with Gasteiger partial charge in [-0.2, -0.15) is 0 Å². The third-order valence-electron chi connectivity index (χ3n) is 4.07. The smallest absolute Gasteiger partial charge is 0.0565 e. The number of aromatic nitrogens is 1. The molecule has 1 aliphatic rings. The van der Waals surface area contributed by atoms with Crippen molar-refractivity contribution in [2.45, 2.75) is 58.8 Å². The van der Waals surface area contributed by atoms with Gasteiger partial charge in [-0.15, -0.1) is 0 Å². The Hall–Kier alpha value is -1.05. The van der Waals surface area contributed by atoms with E-state index in [-0.39, 0.29) is 0 Å².